The summed E-state index contributed by atoms with van der Waals surface area (Å²) >= 11 is 0. The predicted octanol–water partition coefficient (Wildman–Crippen LogP) is 3.60. The molecule has 0 aromatic heterocycles. The van der Waals surface area contributed by atoms with E-state index in [1.807, 2.05) is 38.1 Å². The van der Waals surface area contributed by atoms with Gasteiger partial charge in [0.15, 0.2) is 0 Å². The Kier molecular flexibility index (Phi) is 10.6. The van der Waals surface area contributed by atoms with Crippen molar-refractivity contribution in [2.75, 3.05) is 25.7 Å². The zero-order valence-corrected chi connectivity index (χ0v) is 20.5. The lowest BCUT2D eigenvalue weighted by molar-refractivity contribution is -0.144. The lowest BCUT2D eigenvalue weighted by atomic mass is 10.1. The SMILES string of the molecule is C=Cc1cc(NNNC(=O)N(CC(C)C(=O)OC)C(=O)NCc2ccc(C)cc2)ccc1OCC. The molecular formula is C25H33N5O5. The van der Waals surface area contributed by atoms with Crippen LogP contribution in [-0.2, 0) is 16.1 Å². The van der Waals surface area contributed by atoms with Gasteiger partial charge in [-0.05, 0) is 37.6 Å². The van der Waals surface area contributed by atoms with Gasteiger partial charge in [0.1, 0.15) is 5.75 Å². The highest BCUT2D eigenvalue weighted by atomic mass is 16.5. The van der Waals surface area contributed by atoms with Crippen LogP contribution in [0.2, 0.25) is 0 Å². The van der Waals surface area contributed by atoms with Crippen LogP contribution < -0.4 is 26.4 Å². The fourth-order valence-corrected chi connectivity index (χ4v) is 3.08. The van der Waals surface area contributed by atoms with Gasteiger partial charge in [0.2, 0.25) is 0 Å². The van der Waals surface area contributed by atoms with Gasteiger partial charge in [-0.25, -0.2) is 14.5 Å². The highest BCUT2D eigenvalue weighted by molar-refractivity contribution is 5.94. The van der Waals surface area contributed by atoms with Crippen molar-refractivity contribution in [1.82, 2.24) is 21.2 Å². The Morgan fingerprint density at radius 2 is 1.83 bits per heavy atom. The molecule has 188 valence electrons. The van der Waals surface area contributed by atoms with Gasteiger partial charge in [0, 0.05) is 18.7 Å². The van der Waals surface area contributed by atoms with Crippen molar-refractivity contribution >= 4 is 29.8 Å². The minimum atomic E-state index is -0.760. The fourth-order valence-electron chi connectivity index (χ4n) is 3.08. The number of hydrogen-bond acceptors (Lipinski definition) is 7. The normalized spacial score (nSPS) is 11.1. The average Bonchev–Trinajstić information content (AvgIpc) is 2.86. The summed E-state index contributed by atoms with van der Waals surface area (Å²) in [6.45, 7) is 9.76. The van der Waals surface area contributed by atoms with Gasteiger partial charge in [-0.1, -0.05) is 49.4 Å². The van der Waals surface area contributed by atoms with Crippen LogP contribution in [0.3, 0.4) is 0 Å². The van der Waals surface area contributed by atoms with Crippen LogP contribution in [0.5, 0.6) is 5.75 Å². The van der Waals surface area contributed by atoms with E-state index in [0.717, 1.165) is 21.6 Å². The maximum atomic E-state index is 12.8. The number of carbonyl (C=O) groups is 3. The number of aryl methyl sites for hydroxylation is 1. The summed E-state index contributed by atoms with van der Waals surface area (Å²) in [6, 6.07) is 11.5. The fraction of sp³-hybridized carbons (Fsp3) is 0.320. The number of nitrogens with one attached hydrogen (secondary N) is 4. The van der Waals surface area contributed by atoms with Crippen molar-refractivity contribution in [3.63, 3.8) is 0 Å². The molecule has 1 unspecified atom stereocenters. The topological polar surface area (TPSA) is 121 Å². The zero-order valence-electron chi connectivity index (χ0n) is 20.5. The molecule has 10 nitrogen and oxygen atoms in total. The molecule has 0 saturated carbocycles. The van der Waals surface area contributed by atoms with E-state index in [-0.39, 0.29) is 13.1 Å². The molecule has 10 heteroatoms. The molecule has 0 bridgehead atoms. The molecule has 0 spiro atoms. The number of anilines is 1. The Balaban J connectivity index is 2.02. The summed E-state index contributed by atoms with van der Waals surface area (Å²) in [6.07, 6.45) is 1.66. The second kappa shape index (κ2) is 13.6. The van der Waals surface area contributed by atoms with Gasteiger partial charge in [-0.3, -0.25) is 10.2 Å². The largest absolute Gasteiger partial charge is 0.493 e. The first-order valence-electron chi connectivity index (χ1n) is 11.2. The number of esters is 1. The Labute approximate surface area is 205 Å². The van der Waals surface area contributed by atoms with Crippen LogP contribution in [0.1, 0.15) is 30.5 Å². The van der Waals surface area contributed by atoms with E-state index in [4.69, 9.17) is 9.47 Å². The first kappa shape index (κ1) is 27.2. The second-order valence-electron chi connectivity index (χ2n) is 7.75. The van der Waals surface area contributed by atoms with Crippen LogP contribution in [0.4, 0.5) is 15.3 Å². The molecule has 0 aliphatic rings. The number of rotatable bonds is 11. The van der Waals surface area contributed by atoms with Crippen LogP contribution in [0.25, 0.3) is 6.08 Å². The number of nitrogens with zero attached hydrogens (tertiary/aromatic N) is 1. The standard InChI is InChI=1S/C25H33N5O5/c1-6-20-14-21(12-13-22(20)35-7-2)27-29-28-25(33)30(16-18(4)23(31)34-5)24(32)26-15-19-10-8-17(3)9-11-19/h6,8-14,18,27,29H,1,7,15-16H2,2-5H3,(H,26,32)(H,28,33). The number of hydrogen-bond donors (Lipinski definition) is 4. The molecule has 0 fully saturated rings. The minimum Gasteiger partial charge on any atom is -0.493 e. The summed E-state index contributed by atoms with van der Waals surface area (Å²) in [5, 5.41) is 2.70. The van der Waals surface area contributed by atoms with Gasteiger partial charge in [-0.15, -0.1) is 5.53 Å². The Morgan fingerprint density at radius 3 is 2.46 bits per heavy atom. The van der Waals surface area contributed by atoms with E-state index in [0.29, 0.717) is 18.0 Å². The van der Waals surface area contributed by atoms with Gasteiger partial charge >= 0.3 is 18.0 Å². The van der Waals surface area contributed by atoms with E-state index in [1.54, 1.807) is 31.2 Å². The number of carbonyl (C=O) groups excluding carboxylic acids is 3. The summed E-state index contributed by atoms with van der Waals surface area (Å²) in [5.41, 5.74) is 11.2. The molecule has 0 radical (unpaired) electrons. The molecule has 0 aliphatic heterocycles. The number of methoxy groups -OCH3 is 1. The zero-order chi connectivity index (χ0) is 25.8. The lowest BCUT2D eigenvalue weighted by Gasteiger charge is -2.24. The molecule has 35 heavy (non-hydrogen) atoms. The number of hydrazine groups is 2. The first-order chi connectivity index (χ1) is 16.8. The van der Waals surface area contributed by atoms with Gasteiger partial charge in [0.05, 0.1) is 25.3 Å². The second-order valence-corrected chi connectivity index (χ2v) is 7.75. The van der Waals surface area contributed by atoms with Crippen molar-refractivity contribution in [3.05, 3.63) is 65.7 Å². The highest BCUT2D eigenvalue weighted by Gasteiger charge is 2.26. The third-order valence-electron chi connectivity index (χ3n) is 5.02. The summed E-state index contributed by atoms with van der Waals surface area (Å²) in [5.74, 6) is -0.568. The third-order valence-corrected chi connectivity index (χ3v) is 5.02. The molecule has 4 N–H and O–H groups in total. The van der Waals surface area contributed by atoms with Crippen molar-refractivity contribution in [3.8, 4) is 5.75 Å². The number of imide groups is 1. The van der Waals surface area contributed by atoms with Gasteiger partial charge < -0.3 is 20.2 Å². The van der Waals surface area contributed by atoms with Gasteiger partial charge in [-0.2, -0.15) is 0 Å². The third kappa shape index (κ3) is 8.35. The van der Waals surface area contributed by atoms with Crippen molar-refractivity contribution in [2.45, 2.75) is 27.3 Å². The molecule has 0 heterocycles. The molecular weight excluding hydrogens is 450 g/mol. The number of amides is 4. The minimum absolute atomic E-state index is 0.177. The van der Waals surface area contributed by atoms with Crippen LogP contribution >= 0.6 is 0 Å². The van der Waals surface area contributed by atoms with E-state index in [1.165, 1.54) is 7.11 Å². The molecule has 0 aliphatic carbocycles. The molecule has 2 aromatic rings. The van der Waals surface area contributed by atoms with Crippen molar-refractivity contribution in [2.24, 2.45) is 5.92 Å². The van der Waals surface area contributed by atoms with Crippen LogP contribution in [0, 0.1) is 12.8 Å². The monoisotopic (exact) mass is 483 g/mol. The van der Waals surface area contributed by atoms with Crippen molar-refractivity contribution in [1.29, 1.82) is 0 Å². The van der Waals surface area contributed by atoms with E-state index < -0.39 is 23.9 Å². The molecule has 4 amide bonds. The number of benzene rings is 2. The van der Waals surface area contributed by atoms with Crippen molar-refractivity contribution < 1.29 is 23.9 Å². The summed E-state index contributed by atoms with van der Waals surface area (Å²) in [7, 11) is 1.25. The summed E-state index contributed by atoms with van der Waals surface area (Å²) < 4.78 is 10.3. The van der Waals surface area contributed by atoms with E-state index in [9.17, 15) is 14.4 Å². The Morgan fingerprint density at radius 1 is 1.11 bits per heavy atom. The molecule has 2 rings (SSSR count). The average molecular weight is 484 g/mol. The van der Waals surface area contributed by atoms with E-state index in [2.05, 4.69) is 28.3 Å². The number of urea groups is 2. The smallest absolute Gasteiger partial charge is 0.341 e. The lowest BCUT2D eigenvalue weighted by Crippen LogP contribution is -2.54. The van der Waals surface area contributed by atoms with E-state index >= 15 is 0 Å². The Bertz CT molecular complexity index is 1030. The maximum Gasteiger partial charge on any atom is 0.341 e. The predicted molar refractivity (Wildman–Crippen MR) is 134 cm³/mol. The Hall–Kier alpha value is -4.05. The quantitative estimate of drug-likeness (QED) is 0.285. The summed E-state index contributed by atoms with van der Waals surface area (Å²) in [4.78, 5) is 38.4. The first-order valence-corrected chi connectivity index (χ1v) is 11.2. The van der Waals surface area contributed by atoms with Gasteiger partial charge in [0.25, 0.3) is 0 Å². The maximum absolute atomic E-state index is 12.8. The van der Waals surface area contributed by atoms with Crippen LogP contribution in [-0.4, -0.2) is 43.2 Å². The highest BCUT2D eigenvalue weighted by Crippen LogP contribution is 2.23. The molecule has 1 atom stereocenters. The molecule has 2 aromatic carbocycles. The number of ether oxygens (including phenoxy) is 2. The van der Waals surface area contributed by atoms with Crippen LogP contribution in [0.15, 0.2) is 49.0 Å². The molecule has 0 saturated heterocycles.